The van der Waals surface area contributed by atoms with Crippen molar-refractivity contribution in [3.05, 3.63) is 52.8 Å². The zero-order valence-corrected chi connectivity index (χ0v) is 13.0. The molecule has 10 heteroatoms. The molecule has 0 saturated heterocycles. The van der Waals surface area contributed by atoms with Crippen molar-refractivity contribution in [1.29, 1.82) is 5.26 Å². The molecule has 0 bridgehead atoms. The molecule has 24 heavy (non-hydrogen) atoms. The number of hydrogen-bond acceptors (Lipinski definition) is 4. The molecule has 2 rings (SSSR count). The second-order valence-corrected chi connectivity index (χ2v) is 6.80. The molecule has 0 aromatic heterocycles. The van der Waals surface area contributed by atoms with Crippen LogP contribution in [0.25, 0.3) is 0 Å². The maximum Gasteiger partial charge on any atom is 0.501 e. The maximum absolute atomic E-state index is 13.2. The SMILES string of the molecule is N#Cc1cc(S(=O)(=O)C(F)(F)F)ccc1Oc1cc(F)cc(Cl)c1. The van der Waals surface area contributed by atoms with Crippen LogP contribution >= 0.6 is 11.6 Å². The molecule has 126 valence electrons. The molecule has 0 amide bonds. The molecule has 2 aromatic rings. The lowest BCUT2D eigenvalue weighted by Crippen LogP contribution is -2.23. The van der Waals surface area contributed by atoms with E-state index in [4.69, 9.17) is 21.6 Å². The van der Waals surface area contributed by atoms with E-state index in [1.165, 1.54) is 12.1 Å². The molecule has 0 saturated carbocycles. The van der Waals surface area contributed by atoms with Gasteiger partial charge in [-0.15, -0.1) is 0 Å². The molecule has 0 aliphatic heterocycles. The van der Waals surface area contributed by atoms with Gasteiger partial charge in [0, 0.05) is 11.1 Å². The molecule has 0 atom stereocenters. The Morgan fingerprint density at radius 2 is 1.79 bits per heavy atom. The van der Waals surface area contributed by atoms with Gasteiger partial charge in [0.1, 0.15) is 23.4 Å². The average molecular weight is 380 g/mol. The fraction of sp³-hybridized carbons (Fsp3) is 0.0714. The van der Waals surface area contributed by atoms with Crippen LogP contribution in [0.5, 0.6) is 11.5 Å². The van der Waals surface area contributed by atoms with Crippen LogP contribution in [0, 0.1) is 17.1 Å². The third-order valence-electron chi connectivity index (χ3n) is 2.75. The van der Waals surface area contributed by atoms with Crippen LogP contribution in [0.2, 0.25) is 5.02 Å². The molecular formula is C14H6ClF4NO3S. The second-order valence-electron chi connectivity index (χ2n) is 4.43. The van der Waals surface area contributed by atoms with Crippen molar-refractivity contribution in [3.8, 4) is 17.6 Å². The van der Waals surface area contributed by atoms with Crippen molar-refractivity contribution in [2.45, 2.75) is 10.4 Å². The van der Waals surface area contributed by atoms with Gasteiger partial charge in [-0.2, -0.15) is 18.4 Å². The highest BCUT2D eigenvalue weighted by molar-refractivity contribution is 7.92. The van der Waals surface area contributed by atoms with Crippen LogP contribution in [0.1, 0.15) is 5.56 Å². The van der Waals surface area contributed by atoms with Gasteiger partial charge < -0.3 is 4.74 Å². The summed E-state index contributed by atoms with van der Waals surface area (Å²) in [5.74, 6) is -1.09. The van der Waals surface area contributed by atoms with Gasteiger partial charge >= 0.3 is 5.51 Å². The van der Waals surface area contributed by atoms with Gasteiger partial charge in [0.25, 0.3) is 9.84 Å². The van der Waals surface area contributed by atoms with Crippen molar-refractivity contribution < 1.29 is 30.7 Å². The molecule has 0 radical (unpaired) electrons. The number of alkyl halides is 3. The summed E-state index contributed by atoms with van der Waals surface area (Å²) in [6.07, 6.45) is 0. The lowest BCUT2D eigenvalue weighted by molar-refractivity contribution is -0.0436. The van der Waals surface area contributed by atoms with E-state index >= 15 is 0 Å². The molecule has 0 aliphatic rings. The lowest BCUT2D eigenvalue weighted by Gasteiger charge is -2.11. The van der Waals surface area contributed by atoms with Gasteiger partial charge in [-0.3, -0.25) is 0 Å². The zero-order valence-electron chi connectivity index (χ0n) is 11.4. The maximum atomic E-state index is 13.2. The Kier molecular flexibility index (Phi) is 4.73. The first kappa shape index (κ1) is 18.0. The van der Waals surface area contributed by atoms with Crippen molar-refractivity contribution in [3.63, 3.8) is 0 Å². The summed E-state index contributed by atoms with van der Waals surface area (Å²) in [5, 5.41) is 8.99. The predicted molar refractivity (Wildman–Crippen MR) is 75.9 cm³/mol. The van der Waals surface area contributed by atoms with E-state index in [0.717, 1.165) is 18.2 Å². The molecular weight excluding hydrogens is 374 g/mol. The first-order valence-electron chi connectivity index (χ1n) is 6.04. The van der Waals surface area contributed by atoms with Crippen LogP contribution in [-0.2, 0) is 9.84 Å². The first-order valence-corrected chi connectivity index (χ1v) is 7.90. The predicted octanol–water partition coefficient (Wildman–Crippen LogP) is 4.44. The number of ether oxygens (including phenoxy) is 1. The van der Waals surface area contributed by atoms with E-state index in [9.17, 15) is 26.0 Å². The standard InChI is InChI=1S/C14H6ClF4NO3S/c15-9-4-10(16)6-11(5-9)23-13-2-1-12(3-8(13)7-20)24(21,22)14(17,18)19/h1-6H. The summed E-state index contributed by atoms with van der Waals surface area (Å²) in [6, 6.07) is 6.71. The first-order chi connectivity index (χ1) is 11.0. The van der Waals surface area contributed by atoms with Gasteiger partial charge in [0.15, 0.2) is 0 Å². The van der Waals surface area contributed by atoms with Crippen LogP contribution in [0.15, 0.2) is 41.3 Å². The van der Waals surface area contributed by atoms with Crippen molar-refractivity contribution in [2.75, 3.05) is 0 Å². The molecule has 2 aromatic carbocycles. The summed E-state index contributed by atoms with van der Waals surface area (Å²) in [5.41, 5.74) is -5.97. The smallest absolute Gasteiger partial charge is 0.456 e. The van der Waals surface area contributed by atoms with Gasteiger partial charge in [-0.1, -0.05) is 11.6 Å². The fourth-order valence-corrected chi connectivity index (χ4v) is 2.70. The Hall–Kier alpha value is -2.31. The summed E-state index contributed by atoms with van der Waals surface area (Å²) in [4.78, 5) is -1.10. The lowest BCUT2D eigenvalue weighted by atomic mass is 10.2. The van der Waals surface area contributed by atoms with Gasteiger partial charge in [-0.25, -0.2) is 12.8 Å². The molecule has 0 spiro atoms. The van der Waals surface area contributed by atoms with E-state index in [2.05, 4.69) is 0 Å². The largest absolute Gasteiger partial charge is 0.501 e. The van der Waals surface area contributed by atoms with Crippen LogP contribution in [0.3, 0.4) is 0 Å². The summed E-state index contributed by atoms with van der Waals surface area (Å²) < 4.78 is 78.7. The van der Waals surface area contributed by atoms with Crippen LogP contribution < -0.4 is 4.74 Å². The number of hydrogen-bond donors (Lipinski definition) is 0. The minimum atomic E-state index is -5.60. The number of halogens is 5. The number of nitrogens with zero attached hydrogens (tertiary/aromatic N) is 1. The highest BCUT2D eigenvalue weighted by Crippen LogP contribution is 2.34. The van der Waals surface area contributed by atoms with Gasteiger partial charge in [0.2, 0.25) is 0 Å². The fourth-order valence-electron chi connectivity index (χ4n) is 1.70. The second kappa shape index (κ2) is 6.30. The molecule has 0 fully saturated rings. The Morgan fingerprint density at radius 3 is 2.33 bits per heavy atom. The third-order valence-corrected chi connectivity index (χ3v) is 4.45. The normalized spacial score (nSPS) is 11.8. The average Bonchev–Trinajstić information content (AvgIpc) is 2.45. The van der Waals surface area contributed by atoms with Crippen molar-refractivity contribution in [2.24, 2.45) is 0 Å². The third kappa shape index (κ3) is 3.60. The van der Waals surface area contributed by atoms with Crippen molar-refractivity contribution >= 4 is 21.4 Å². The van der Waals surface area contributed by atoms with Crippen LogP contribution in [-0.4, -0.2) is 13.9 Å². The van der Waals surface area contributed by atoms with E-state index in [1.807, 2.05) is 0 Å². The highest BCUT2D eigenvalue weighted by Gasteiger charge is 2.47. The van der Waals surface area contributed by atoms with E-state index in [-0.39, 0.29) is 16.5 Å². The molecule has 0 N–H and O–H groups in total. The molecule has 0 heterocycles. The summed E-state index contributed by atoms with van der Waals surface area (Å²) >= 11 is 5.64. The zero-order chi connectivity index (χ0) is 18.1. The number of rotatable bonds is 3. The Morgan fingerprint density at radius 1 is 1.12 bits per heavy atom. The Balaban J connectivity index is 2.46. The molecule has 0 aliphatic carbocycles. The number of nitriles is 1. The summed E-state index contributed by atoms with van der Waals surface area (Å²) in [7, 11) is -5.60. The number of sulfone groups is 1. The quantitative estimate of drug-likeness (QED) is 0.739. The summed E-state index contributed by atoms with van der Waals surface area (Å²) in [6.45, 7) is 0. The van der Waals surface area contributed by atoms with Gasteiger partial charge in [-0.05, 0) is 30.3 Å². The molecule has 0 unspecified atom stereocenters. The topological polar surface area (TPSA) is 67.2 Å². The minimum absolute atomic E-state index is 0.000206. The van der Waals surface area contributed by atoms with E-state index in [0.29, 0.717) is 12.1 Å². The van der Waals surface area contributed by atoms with E-state index in [1.54, 1.807) is 0 Å². The van der Waals surface area contributed by atoms with Crippen LogP contribution in [0.4, 0.5) is 17.6 Å². The Bertz CT molecular complexity index is 916. The molecule has 4 nitrogen and oxygen atoms in total. The minimum Gasteiger partial charge on any atom is -0.456 e. The van der Waals surface area contributed by atoms with E-state index < -0.39 is 31.6 Å². The number of benzene rings is 2. The monoisotopic (exact) mass is 379 g/mol. The van der Waals surface area contributed by atoms with Crippen molar-refractivity contribution in [1.82, 2.24) is 0 Å². The highest BCUT2D eigenvalue weighted by atomic mass is 35.5. The Labute approximate surface area is 138 Å². The van der Waals surface area contributed by atoms with Gasteiger partial charge in [0.05, 0.1) is 10.5 Å².